The lowest BCUT2D eigenvalue weighted by molar-refractivity contribution is 0.497. The van der Waals surface area contributed by atoms with E-state index in [1.807, 2.05) is 0 Å². The Labute approximate surface area is 126 Å². The molecular weight excluding hydrogens is 360 g/mol. The van der Waals surface area contributed by atoms with Gasteiger partial charge in [-0.25, -0.2) is 17.6 Å². The van der Waals surface area contributed by atoms with E-state index in [0.717, 1.165) is 18.2 Å². The molecule has 0 N–H and O–H groups in total. The minimum absolute atomic E-state index is 0.00715. The van der Waals surface area contributed by atoms with Crippen LogP contribution >= 0.6 is 27.5 Å². The summed E-state index contributed by atoms with van der Waals surface area (Å²) in [6.07, 6.45) is -0.150. The molecule has 2 rings (SSSR count). The third-order valence-corrected chi connectivity index (χ3v) is 3.80. The summed E-state index contributed by atoms with van der Waals surface area (Å²) in [6.45, 7) is 0. The second-order valence-corrected chi connectivity index (χ2v) is 5.55. The van der Waals surface area contributed by atoms with Crippen molar-refractivity contribution >= 4 is 27.5 Å². The Hall–Kier alpha value is -1.07. The minimum atomic E-state index is -1.03. The van der Waals surface area contributed by atoms with Crippen molar-refractivity contribution in [1.29, 1.82) is 0 Å². The summed E-state index contributed by atoms with van der Waals surface area (Å²) >= 11 is 8.83. The predicted octanol–water partition coefficient (Wildman–Crippen LogP) is 5.53. The quantitative estimate of drug-likeness (QED) is 0.380. The Morgan fingerprint density at radius 2 is 1.70 bits per heavy atom. The smallest absolute Gasteiger partial charge is 0.162 e. The van der Waals surface area contributed by atoms with Gasteiger partial charge >= 0.3 is 0 Å². The molecule has 6 heteroatoms. The molecule has 0 aliphatic carbocycles. The number of benzene rings is 2. The monoisotopic (exact) mass is 366 g/mol. The normalized spacial score (nSPS) is 12.5. The molecule has 1 unspecified atom stereocenters. The molecule has 106 valence electrons. The van der Waals surface area contributed by atoms with Crippen LogP contribution in [0, 0.1) is 23.3 Å². The van der Waals surface area contributed by atoms with Crippen molar-refractivity contribution in [3.63, 3.8) is 0 Å². The van der Waals surface area contributed by atoms with E-state index >= 15 is 0 Å². The van der Waals surface area contributed by atoms with Crippen molar-refractivity contribution in [2.45, 2.75) is 11.8 Å². The molecule has 0 saturated heterocycles. The molecule has 0 aromatic heterocycles. The van der Waals surface area contributed by atoms with Crippen molar-refractivity contribution in [2.24, 2.45) is 0 Å². The fraction of sp³-hybridized carbons (Fsp3) is 0.143. The molecule has 0 saturated carbocycles. The summed E-state index contributed by atoms with van der Waals surface area (Å²) in [5.41, 5.74) is -0.0937. The molecule has 0 spiro atoms. The third-order valence-electron chi connectivity index (χ3n) is 2.81. The van der Waals surface area contributed by atoms with Crippen LogP contribution in [0.3, 0.4) is 0 Å². The average Bonchev–Trinajstić information content (AvgIpc) is 2.39. The molecule has 0 aliphatic rings. The molecule has 0 nitrogen and oxygen atoms in total. The van der Waals surface area contributed by atoms with E-state index in [9.17, 15) is 17.6 Å². The lowest BCUT2D eigenvalue weighted by Gasteiger charge is -2.12. The minimum Gasteiger partial charge on any atom is -0.207 e. The molecule has 1 atom stereocenters. The lowest BCUT2D eigenvalue weighted by Crippen LogP contribution is -2.03. The Morgan fingerprint density at radius 3 is 2.40 bits per heavy atom. The molecule has 0 heterocycles. The molecule has 2 aromatic rings. The van der Waals surface area contributed by atoms with Crippen LogP contribution < -0.4 is 0 Å². The van der Waals surface area contributed by atoms with Crippen LogP contribution in [0.5, 0.6) is 0 Å². The second kappa shape index (κ2) is 6.14. The van der Waals surface area contributed by atoms with Crippen molar-refractivity contribution < 1.29 is 17.6 Å². The lowest BCUT2D eigenvalue weighted by atomic mass is 10.0. The van der Waals surface area contributed by atoms with Crippen LogP contribution in [0.15, 0.2) is 34.8 Å². The molecular formula is C14H8BrClF4. The van der Waals surface area contributed by atoms with Crippen LogP contribution in [-0.2, 0) is 6.42 Å². The number of hydrogen-bond acceptors (Lipinski definition) is 0. The third kappa shape index (κ3) is 3.15. The first-order valence-corrected chi connectivity index (χ1v) is 6.84. The van der Waals surface area contributed by atoms with Gasteiger partial charge in [0.2, 0.25) is 0 Å². The molecule has 0 radical (unpaired) electrons. The van der Waals surface area contributed by atoms with Crippen molar-refractivity contribution in [1.82, 2.24) is 0 Å². The molecule has 0 amide bonds. The van der Waals surface area contributed by atoms with E-state index in [1.54, 1.807) is 0 Å². The zero-order chi connectivity index (χ0) is 14.9. The van der Waals surface area contributed by atoms with Crippen LogP contribution in [0.25, 0.3) is 0 Å². The Kier molecular flexibility index (Phi) is 4.70. The van der Waals surface area contributed by atoms with Gasteiger partial charge in [-0.2, -0.15) is 0 Å². The van der Waals surface area contributed by atoms with Crippen LogP contribution in [0.4, 0.5) is 17.6 Å². The van der Waals surface area contributed by atoms with E-state index in [2.05, 4.69) is 15.9 Å². The first-order valence-electron chi connectivity index (χ1n) is 5.61. The summed E-state index contributed by atoms with van der Waals surface area (Å²) in [7, 11) is 0. The highest BCUT2D eigenvalue weighted by Crippen LogP contribution is 2.31. The summed E-state index contributed by atoms with van der Waals surface area (Å²) in [4.78, 5) is 0. The highest BCUT2D eigenvalue weighted by Gasteiger charge is 2.19. The zero-order valence-electron chi connectivity index (χ0n) is 9.94. The standard InChI is InChI=1S/C14H8BrClF4/c15-9-6-12(18)8(5-13(9)19)10(16)4-7-2-1-3-11(17)14(7)20/h1-3,5-6,10H,4H2. The van der Waals surface area contributed by atoms with Crippen molar-refractivity contribution in [2.75, 3.05) is 0 Å². The molecule has 0 fully saturated rings. The zero-order valence-corrected chi connectivity index (χ0v) is 12.3. The summed E-state index contributed by atoms with van der Waals surface area (Å²) in [6, 6.07) is 5.54. The predicted molar refractivity (Wildman–Crippen MR) is 72.7 cm³/mol. The van der Waals surface area contributed by atoms with E-state index in [1.165, 1.54) is 12.1 Å². The van der Waals surface area contributed by atoms with E-state index < -0.39 is 28.6 Å². The highest BCUT2D eigenvalue weighted by atomic mass is 79.9. The summed E-state index contributed by atoms with van der Waals surface area (Å²) in [5, 5.41) is -1.01. The fourth-order valence-corrected chi connectivity index (χ4v) is 2.44. The van der Waals surface area contributed by atoms with Crippen molar-refractivity contribution in [3.05, 3.63) is 69.2 Å². The maximum atomic E-state index is 13.7. The van der Waals surface area contributed by atoms with Gasteiger partial charge in [0.1, 0.15) is 11.6 Å². The number of halogens is 6. The maximum absolute atomic E-state index is 13.7. The number of alkyl halides is 1. The van der Waals surface area contributed by atoms with Crippen LogP contribution in [0.1, 0.15) is 16.5 Å². The number of rotatable bonds is 3. The van der Waals surface area contributed by atoms with E-state index in [4.69, 9.17) is 11.6 Å². The second-order valence-electron chi connectivity index (χ2n) is 4.17. The fourth-order valence-electron chi connectivity index (χ4n) is 1.79. The average molecular weight is 368 g/mol. The SMILES string of the molecule is Fc1cc(C(Cl)Cc2cccc(F)c2F)c(F)cc1Br. The summed E-state index contributed by atoms with van der Waals surface area (Å²) < 4.78 is 53.7. The van der Waals surface area contributed by atoms with Gasteiger partial charge in [-0.1, -0.05) is 12.1 Å². The first-order chi connectivity index (χ1) is 9.40. The Bertz CT molecular complexity index is 645. The largest absolute Gasteiger partial charge is 0.207 e. The van der Waals surface area contributed by atoms with Crippen LogP contribution in [-0.4, -0.2) is 0 Å². The van der Waals surface area contributed by atoms with Gasteiger partial charge in [0.25, 0.3) is 0 Å². The molecule has 2 aromatic carbocycles. The molecule has 0 bridgehead atoms. The number of hydrogen-bond donors (Lipinski definition) is 0. The van der Waals surface area contributed by atoms with Gasteiger partial charge in [-0.05, 0) is 46.1 Å². The highest BCUT2D eigenvalue weighted by molar-refractivity contribution is 9.10. The first kappa shape index (κ1) is 15.3. The van der Waals surface area contributed by atoms with Crippen molar-refractivity contribution in [3.8, 4) is 0 Å². The molecule has 20 heavy (non-hydrogen) atoms. The summed E-state index contributed by atoms with van der Waals surface area (Å²) in [5.74, 6) is -3.42. The molecule has 0 aliphatic heterocycles. The van der Waals surface area contributed by atoms with Crippen LogP contribution in [0.2, 0.25) is 0 Å². The van der Waals surface area contributed by atoms with Gasteiger partial charge in [0.05, 0.1) is 9.85 Å². The van der Waals surface area contributed by atoms with Gasteiger partial charge in [-0.3, -0.25) is 0 Å². The van der Waals surface area contributed by atoms with Gasteiger partial charge < -0.3 is 0 Å². The Morgan fingerprint density at radius 1 is 1.00 bits per heavy atom. The van der Waals surface area contributed by atoms with Gasteiger partial charge in [-0.15, -0.1) is 11.6 Å². The Balaban J connectivity index is 2.31. The maximum Gasteiger partial charge on any atom is 0.162 e. The topological polar surface area (TPSA) is 0 Å². The van der Waals surface area contributed by atoms with E-state index in [-0.39, 0.29) is 22.0 Å². The van der Waals surface area contributed by atoms with Gasteiger partial charge in [0.15, 0.2) is 11.6 Å². The van der Waals surface area contributed by atoms with E-state index in [0.29, 0.717) is 0 Å². The van der Waals surface area contributed by atoms with Gasteiger partial charge in [0, 0.05) is 5.56 Å².